The van der Waals surface area contributed by atoms with E-state index in [4.69, 9.17) is 10.5 Å². The normalized spacial score (nSPS) is 11.2. The average molecular weight is 298 g/mol. The van der Waals surface area contributed by atoms with Crippen molar-refractivity contribution in [3.8, 4) is 5.75 Å². The molecule has 0 aliphatic heterocycles. The van der Waals surface area contributed by atoms with Crippen molar-refractivity contribution in [1.29, 1.82) is 0 Å². The molecular formula is C13H13F3N4O. The Labute approximate surface area is 119 Å². The van der Waals surface area contributed by atoms with Crippen molar-refractivity contribution in [2.75, 3.05) is 18.5 Å². The van der Waals surface area contributed by atoms with Crippen LogP contribution in [0.2, 0.25) is 0 Å². The number of nitrogens with two attached hydrogens (primary N) is 1. The fraction of sp³-hybridized carbons (Fsp3) is 0.231. The van der Waals surface area contributed by atoms with Crippen LogP contribution < -0.4 is 15.8 Å². The second-order valence-corrected chi connectivity index (χ2v) is 4.05. The fourth-order valence-corrected chi connectivity index (χ4v) is 1.52. The predicted octanol–water partition coefficient (Wildman–Crippen LogP) is 2.58. The highest BCUT2D eigenvalue weighted by molar-refractivity contribution is 5.54. The first-order valence-corrected chi connectivity index (χ1v) is 6.09. The number of aromatic nitrogens is 2. The van der Waals surface area contributed by atoms with Crippen LogP contribution in [-0.4, -0.2) is 23.1 Å². The number of hydrogen-bond acceptors (Lipinski definition) is 5. The van der Waals surface area contributed by atoms with Crippen molar-refractivity contribution in [3.63, 3.8) is 0 Å². The van der Waals surface area contributed by atoms with Gasteiger partial charge >= 0.3 is 6.18 Å². The van der Waals surface area contributed by atoms with Gasteiger partial charge in [-0.15, -0.1) is 0 Å². The summed E-state index contributed by atoms with van der Waals surface area (Å²) in [6.45, 7) is 0.793. The zero-order valence-corrected chi connectivity index (χ0v) is 10.9. The first kappa shape index (κ1) is 15.0. The maximum absolute atomic E-state index is 12.5. The number of alkyl halides is 3. The molecule has 0 fully saturated rings. The molecule has 0 aliphatic carbocycles. The molecule has 0 saturated carbocycles. The second kappa shape index (κ2) is 6.40. The number of benzene rings is 1. The van der Waals surface area contributed by atoms with Gasteiger partial charge in [0.1, 0.15) is 18.1 Å². The summed E-state index contributed by atoms with van der Waals surface area (Å²) in [6.07, 6.45) is -3.45. The van der Waals surface area contributed by atoms with E-state index in [1.54, 1.807) is 24.3 Å². The molecule has 0 spiro atoms. The van der Waals surface area contributed by atoms with Gasteiger partial charge < -0.3 is 15.8 Å². The van der Waals surface area contributed by atoms with Crippen LogP contribution in [0.3, 0.4) is 0 Å². The Morgan fingerprint density at radius 1 is 1.14 bits per heavy atom. The molecule has 0 atom stereocenters. The molecule has 0 radical (unpaired) electrons. The van der Waals surface area contributed by atoms with Gasteiger partial charge in [0.2, 0.25) is 5.95 Å². The van der Waals surface area contributed by atoms with Crippen LogP contribution in [0.25, 0.3) is 0 Å². The molecule has 21 heavy (non-hydrogen) atoms. The lowest BCUT2D eigenvalue weighted by Gasteiger charge is -2.09. The van der Waals surface area contributed by atoms with E-state index in [0.29, 0.717) is 24.6 Å². The lowest BCUT2D eigenvalue weighted by Crippen LogP contribution is -2.10. The topological polar surface area (TPSA) is 73.1 Å². The van der Waals surface area contributed by atoms with Crippen LogP contribution in [0.4, 0.5) is 24.8 Å². The summed E-state index contributed by atoms with van der Waals surface area (Å²) in [6, 6.07) is 7.46. The van der Waals surface area contributed by atoms with Crippen LogP contribution in [0, 0.1) is 0 Å². The van der Waals surface area contributed by atoms with Gasteiger partial charge in [-0.05, 0) is 30.3 Å². The minimum Gasteiger partial charge on any atom is -0.492 e. The van der Waals surface area contributed by atoms with Gasteiger partial charge in [-0.2, -0.15) is 13.2 Å². The Morgan fingerprint density at radius 3 is 2.48 bits per heavy atom. The smallest absolute Gasteiger partial charge is 0.433 e. The van der Waals surface area contributed by atoms with Crippen molar-refractivity contribution >= 4 is 11.6 Å². The number of rotatable bonds is 5. The minimum absolute atomic E-state index is 0.125. The Kier molecular flexibility index (Phi) is 4.59. The molecular weight excluding hydrogens is 285 g/mol. The molecule has 0 bridgehead atoms. The molecule has 0 amide bonds. The largest absolute Gasteiger partial charge is 0.492 e. The van der Waals surface area contributed by atoms with Gasteiger partial charge in [-0.3, -0.25) is 0 Å². The molecule has 1 aromatic carbocycles. The van der Waals surface area contributed by atoms with Gasteiger partial charge in [0, 0.05) is 18.4 Å². The first-order chi connectivity index (χ1) is 9.99. The second-order valence-electron chi connectivity index (χ2n) is 4.05. The molecule has 1 heterocycles. The van der Waals surface area contributed by atoms with E-state index in [0.717, 1.165) is 12.3 Å². The van der Waals surface area contributed by atoms with Gasteiger partial charge in [0.15, 0.2) is 0 Å². The monoisotopic (exact) mass is 298 g/mol. The van der Waals surface area contributed by atoms with E-state index >= 15 is 0 Å². The minimum atomic E-state index is -4.50. The Balaban J connectivity index is 2.08. The van der Waals surface area contributed by atoms with Gasteiger partial charge in [-0.25, -0.2) is 9.97 Å². The average Bonchev–Trinajstić information content (AvgIpc) is 2.46. The number of halogens is 3. The van der Waals surface area contributed by atoms with Crippen molar-refractivity contribution < 1.29 is 17.9 Å². The Morgan fingerprint density at radius 2 is 1.86 bits per heavy atom. The SMILES string of the molecule is NCCOc1ccc(Nc2nccc(C(F)(F)F)n2)cc1. The predicted molar refractivity (Wildman–Crippen MR) is 71.3 cm³/mol. The molecule has 2 rings (SSSR count). The lowest BCUT2D eigenvalue weighted by molar-refractivity contribution is -0.141. The first-order valence-electron chi connectivity index (χ1n) is 6.09. The van der Waals surface area contributed by atoms with Crippen LogP contribution in [0.5, 0.6) is 5.75 Å². The molecule has 112 valence electrons. The maximum atomic E-state index is 12.5. The third-order valence-corrected chi connectivity index (χ3v) is 2.44. The van der Waals surface area contributed by atoms with Crippen molar-refractivity contribution in [1.82, 2.24) is 9.97 Å². The van der Waals surface area contributed by atoms with Crippen LogP contribution in [0.15, 0.2) is 36.5 Å². The zero-order valence-electron chi connectivity index (χ0n) is 10.9. The summed E-state index contributed by atoms with van der Waals surface area (Å²) in [5.41, 5.74) is 4.86. The summed E-state index contributed by atoms with van der Waals surface area (Å²) < 4.78 is 42.9. The van der Waals surface area contributed by atoms with E-state index < -0.39 is 11.9 Å². The summed E-state index contributed by atoms with van der Waals surface area (Å²) in [5.74, 6) is 0.497. The highest BCUT2D eigenvalue weighted by atomic mass is 19.4. The van der Waals surface area contributed by atoms with Gasteiger partial charge in [0.05, 0.1) is 0 Å². The highest BCUT2D eigenvalue weighted by Crippen LogP contribution is 2.28. The number of nitrogens with zero attached hydrogens (tertiary/aromatic N) is 2. The molecule has 1 aromatic heterocycles. The highest BCUT2D eigenvalue weighted by Gasteiger charge is 2.32. The number of nitrogens with one attached hydrogen (secondary N) is 1. The van der Waals surface area contributed by atoms with E-state index in [1.807, 2.05) is 0 Å². The summed E-state index contributed by atoms with van der Waals surface area (Å²) in [4.78, 5) is 7.17. The number of hydrogen-bond donors (Lipinski definition) is 2. The molecule has 0 unspecified atom stereocenters. The van der Waals surface area contributed by atoms with Crippen molar-refractivity contribution in [3.05, 3.63) is 42.2 Å². The molecule has 3 N–H and O–H groups in total. The molecule has 2 aromatic rings. The Bertz CT molecular complexity index is 587. The molecule has 0 aliphatic rings. The number of anilines is 2. The van der Waals surface area contributed by atoms with Crippen molar-refractivity contribution in [2.24, 2.45) is 5.73 Å². The fourth-order valence-electron chi connectivity index (χ4n) is 1.52. The van der Waals surface area contributed by atoms with E-state index in [9.17, 15) is 13.2 Å². The van der Waals surface area contributed by atoms with Crippen LogP contribution in [0.1, 0.15) is 5.69 Å². The maximum Gasteiger partial charge on any atom is 0.433 e. The standard InChI is InChI=1S/C13H13F3N4O/c14-13(15,16)11-5-7-18-12(20-11)19-9-1-3-10(4-2-9)21-8-6-17/h1-5,7H,6,8,17H2,(H,18,19,20). The summed E-state index contributed by atoms with van der Waals surface area (Å²) in [7, 11) is 0. The van der Waals surface area contributed by atoms with Crippen LogP contribution in [-0.2, 0) is 6.18 Å². The summed E-state index contributed by atoms with van der Waals surface area (Å²) in [5, 5.41) is 2.70. The Hall–Kier alpha value is -2.35. The van der Waals surface area contributed by atoms with Crippen LogP contribution >= 0.6 is 0 Å². The number of ether oxygens (including phenoxy) is 1. The van der Waals surface area contributed by atoms with Gasteiger partial charge in [-0.1, -0.05) is 0 Å². The third-order valence-electron chi connectivity index (χ3n) is 2.44. The lowest BCUT2D eigenvalue weighted by atomic mass is 10.3. The van der Waals surface area contributed by atoms with E-state index in [2.05, 4.69) is 15.3 Å². The zero-order chi connectivity index (χ0) is 15.3. The van der Waals surface area contributed by atoms with E-state index in [1.165, 1.54) is 0 Å². The molecule has 5 nitrogen and oxygen atoms in total. The quantitative estimate of drug-likeness (QED) is 0.887. The van der Waals surface area contributed by atoms with Gasteiger partial charge in [0.25, 0.3) is 0 Å². The van der Waals surface area contributed by atoms with Crippen molar-refractivity contribution in [2.45, 2.75) is 6.18 Å². The summed E-state index contributed by atoms with van der Waals surface area (Å²) >= 11 is 0. The molecule has 0 saturated heterocycles. The molecule has 8 heteroatoms. The third kappa shape index (κ3) is 4.32. The van der Waals surface area contributed by atoms with E-state index in [-0.39, 0.29) is 5.95 Å².